The van der Waals surface area contributed by atoms with Crippen LogP contribution in [0.15, 0.2) is 24.4 Å². The van der Waals surface area contributed by atoms with E-state index in [9.17, 15) is 14.9 Å². The number of nitro benzene ring substituents is 1. The zero-order valence-electron chi connectivity index (χ0n) is 11.4. The molecule has 0 unspecified atom stereocenters. The second kappa shape index (κ2) is 5.61. The molecule has 0 aliphatic carbocycles. The number of non-ortho nitro benzene ring substituents is 1. The van der Waals surface area contributed by atoms with Crippen molar-refractivity contribution >= 4 is 11.7 Å². The molecule has 0 radical (unpaired) electrons. The molecule has 0 bridgehead atoms. The molecule has 21 heavy (non-hydrogen) atoms. The smallest absolute Gasteiger partial charge is 0.354 e. The number of imidazole rings is 1. The summed E-state index contributed by atoms with van der Waals surface area (Å²) in [6, 6.07) is 4.31. The Morgan fingerprint density at radius 1 is 1.48 bits per heavy atom. The van der Waals surface area contributed by atoms with E-state index >= 15 is 0 Å². The van der Waals surface area contributed by atoms with Crippen LogP contribution in [0.2, 0.25) is 0 Å². The molecular weight excluding hydrogens is 278 g/mol. The molecule has 0 amide bonds. The number of carboxylic acids is 1. The quantitative estimate of drug-likeness (QED) is 0.665. The minimum absolute atomic E-state index is 0.0259. The summed E-state index contributed by atoms with van der Waals surface area (Å²) in [5, 5.41) is 20.0. The molecule has 0 aliphatic heterocycles. The average Bonchev–Trinajstić information content (AvgIpc) is 2.80. The van der Waals surface area contributed by atoms with Crippen LogP contribution in [-0.2, 0) is 6.54 Å². The SMILES string of the molecule is COc1cc(Cn2c(C(=O)O)cnc2C)cc([N+](=O)[O-])c1. The summed E-state index contributed by atoms with van der Waals surface area (Å²) in [5.74, 6) is -0.250. The number of methoxy groups -OCH3 is 1. The number of benzene rings is 1. The van der Waals surface area contributed by atoms with Gasteiger partial charge in [0.2, 0.25) is 0 Å². The molecule has 0 fully saturated rings. The Balaban J connectivity index is 2.44. The van der Waals surface area contributed by atoms with Crippen molar-refractivity contribution in [2.75, 3.05) is 7.11 Å². The van der Waals surface area contributed by atoms with Crippen LogP contribution in [-0.4, -0.2) is 32.7 Å². The Bertz CT molecular complexity index is 708. The second-order valence-electron chi connectivity index (χ2n) is 4.38. The molecule has 1 heterocycles. The third-order valence-electron chi connectivity index (χ3n) is 3.01. The molecule has 8 nitrogen and oxygen atoms in total. The van der Waals surface area contributed by atoms with E-state index in [4.69, 9.17) is 9.84 Å². The van der Waals surface area contributed by atoms with E-state index in [1.54, 1.807) is 13.0 Å². The van der Waals surface area contributed by atoms with Gasteiger partial charge in [-0.2, -0.15) is 0 Å². The maximum Gasteiger partial charge on any atom is 0.354 e. The number of aromatic nitrogens is 2. The molecule has 0 spiro atoms. The fraction of sp³-hybridized carbons (Fsp3) is 0.231. The van der Waals surface area contributed by atoms with Gasteiger partial charge >= 0.3 is 5.97 Å². The van der Waals surface area contributed by atoms with Gasteiger partial charge in [0.25, 0.3) is 5.69 Å². The summed E-state index contributed by atoms with van der Waals surface area (Å²) in [6.45, 7) is 1.83. The number of nitro groups is 1. The number of hydrogen-bond donors (Lipinski definition) is 1. The molecule has 1 aromatic heterocycles. The Hall–Kier alpha value is -2.90. The Kier molecular flexibility index (Phi) is 3.88. The maximum absolute atomic E-state index is 11.1. The predicted molar refractivity (Wildman–Crippen MR) is 72.7 cm³/mol. The van der Waals surface area contributed by atoms with Crippen molar-refractivity contribution in [1.29, 1.82) is 0 Å². The van der Waals surface area contributed by atoms with Crippen LogP contribution in [0.25, 0.3) is 0 Å². The number of ether oxygens (including phenoxy) is 1. The fourth-order valence-electron chi connectivity index (χ4n) is 1.98. The molecule has 1 aromatic carbocycles. The number of carbonyl (C=O) groups is 1. The first kappa shape index (κ1) is 14.5. The van der Waals surface area contributed by atoms with Crippen molar-refractivity contribution in [3.05, 3.63) is 51.6 Å². The number of carboxylic acid groups (broad SMARTS) is 1. The summed E-state index contributed by atoms with van der Waals surface area (Å²) in [6.07, 6.45) is 1.26. The van der Waals surface area contributed by atoms with Crippen molar-refractivity contribution < 1.29 is 19.6 Å². The third-order valence-corrected chi connectivity index (χ3v) is 3.01. The zero-order valence-corrected chi connectivity index (χ0v) is 11.4. The van der Waals surface area contributed by atoms with Crippen LogP contribution in [0, 0.1) is 17.0 Å². The Morgan fingerprint density at radius 3 is 2.76 bits per heavy atom. The first-order valence-electron chi connectivity index (χ1n) is 6.00. The number of nitrogens with zero attached hydrogens (tertiary/aromatic N) is 3. The highest BCUT2D eigenvalue weighted by Crippen LogP contribution is 2.23. The second-order valence-corrected chi connectivity index (χ2v) is 4.38. The van der Waals surface area contributed by atoms with E-state index in [2.05, 4.69) is 4.98 Å². The fourth-order valence-corrected chi connectivity index (χ4v) is 1.98. The van der Waals surface area contributed by atoms with Crippen LogP contribution >= 0.6 is 0 Å². The van der Waals surface area contributed by atoms with Gasteiger partial charge in [-0.25, -0.2) is 9.78 Å². The van der Waals surface area contributed by atoms with Crippen LogP contribution < -0.4 is 4.74 Å². The largest absolute Gasteiger partial charge is 0.496 e. The van der Waals surface area contributed by atoms with Gasteiger partial charge in [-0.15, -0.1) is 0 Å². The van der Waals surface area contributed by atoms with Crippen molar-refractivity contribution in [1.82, 2.24) is 9.55 Å². The molecule has 110 valence electrons. The standard InChI is InChI=1S/C13H13N3O5/c1-8-14-6-12(13(17)18)15(8)7-9-3-10(16(19)20)5-11(4-9)21-2/h3-6H,7H2,1-2H3,(H,17,18). The average molecular weight is 291 g/mol. The summed E-state index contributed by atoms with van der Waals surface area (Å²) >= 11 is 0. The number of aryl methyl sites for hydroxylation is 1. The van der Waals surface area contributed by atoms with Gasteiger partial charge in [0, 0.05) is 12.6 Å². The first-order chi connectivity index (χ1) is 9.92. The molecule has 0 saturated carbocycles. The van der Waals surface area contributed by atoms with E-state index in [1.807, 2.05) is 0 Å². The normalized spacial score (nSPS) is 10.4. The van der Waals surface area contributed by atoms with Gasteiger partial charge in [0.15, 0.2) is 0 Å². The summed E-state index contributed by atoms with van der Waals surface area (Å²) < 4.78 is 6.50. The maximum atomic E-state index is 11.1. The van der Waals surface area contributed by atoms with Crippen molar-refractivity contribution in [2.45, 2.75) is 13.5 Å². The van der Waals surface area contributed by atoms with Gasteiger partial charge in [-0.3, -0.25) is 10.1 Å². The van der Waals surface area contributed by atoms with E-state index in [-0.39, 0.29) is 17.9 Å². The van der Waals surface area contributed by atoms with E-state index in [1.165, 1.54) is 30.0 Å². The summed E-state index contributed by atoms with van der Waals surface area (Å²) in [7, 11) is 1.41. The van der Waals surface area contributed by atoms with Crippen LogP contribution in [0.1, 0.15) is 21.9 Å². The van der Waals surface area contributed by atoms with Crippen LogP contribution in [0.4, 0.5) is 5.69 Å². The van der Waals surface area contributed by atoms with Crippen molar-refractivity contribution in [3.8, 4) is 5.75 Å². The first-order valence-corrected chi connectivity index (χ1v) is 6.00. The highest BCUT2D eigenvalue weighted by Gasteiger charge is 2.16. The lowest BCUT2D eigenvalue weighted by Gasteiger charge is -2.09. The van der Waals surface area contributed by atoms with E-state index in [0.717, 1.165) is 0 Å². The lowest BCUT2D eigenvalue weighted by Crippen LogP contribution is -2.11. The molecule has 0 saturated heterocycles. The van der Waals surface area contributed by atoms with Crippen molar-refractivity contribution in [2.24, 2.45) is 0 Å². The van der Waals surface area contributed by atoms with Gasteiger partial charge in [-0.1, -0.05) is 0 Å². The van der Waals surface area contributed by atoms with Gasteiger partial charge in [-0.05, 0) is 18.6 Å². The summed E-state index contributed by atoms with van der Waals surface area (Å²) in [4.78, 5) is 25.5. The molecule has 1 N–H and O–H groups in total. The molecule has 0 aliphatic rings. The van der Waals surface area contributed by atoms with Crippen molar-refractivity contribution in [3.63, 3.8) is 0 Å². The monoisotopic (exact) mass is 291 g/mol. The summed E-state index contributed by atoms with van der Waals surface area (Å²) in [5.41, 5.74) is 0.474. The molecule has 2 aromatic rings. The molecule has 8 heteroatoms. The predicted octanol–water partition coefficient (Wildman–Crippen LogP) is 1.85. The minimum atomic E-state index is -1.10. The third kappa shape index (κ3) is 2.99. The number of rotatable bonds is 5. The highest BCUT2D eigenvalue weighted by molar-refractivity contribution is 5.85. The highest BCUT2D eigenvalue weighted by atomic mass is 16.6. The van der Waals surface area contributed by atoms with Crippen LogP contribution in [0.3, 0.4) is 0 Å². The Labute approximate surface area is 119 Å². The zero-order chi connectivity index (χ0) is 15.6. The van der Waals surface area contributed by atoms with Gasteiger partial charge < -0.3 is 14.4 Å². The lowest BCUT2D eigenvalue weighted by molar-refractivity contribution is -0.385. The topological polar surface area (TPSA) is 107 Å². The van der Waals surface area contributed by atoms with Gasteiger partial charge in [0.05, 0.1) is 24.3 Å². The van der Waals surface area contributed by atoms with Crippen LogP contribution in [0.5, 0.6) is 5.75 Å². The minimum Gasteiger partial charge on any atom is -0.496 e. The Morgan fingerprint density at radius 2 is 2.19 bits per heavy atom. The molecular formula is C13H13N3O5. The van der Waals surface area contributed by atoms with E-state index < -0.39 is 10.9 Å². The van der Waals surface area contributed by atoms with E-state index in [0.29, 0.717) is 17.1 Å². The lowest BCUT2D eigenvalue weighted by atomic mass is 10.2. The molecule has 2 rings (SSSR count). The number of aromatic carboxylic acids is 1. The molecule has 0 atom stereocenters. The number of hydrogen-bond acceptors (Lipinski definition) is 5. The van der Waals surface area contributed by atoms with Gasteiger partial charge in [0.1, 0.15) is 17.3 Å².